The zero-order chi connectivity index (χ0) is 11.3. The molecule has 1 aromatic rings. The first-order valence-electron chi connectivity index (χ1n) is 5.03. The van der Waals surface area contributed by atoms with Crippen molar-refractivity contribution in [1.82, 2.24) is 0 Å². The smallest absolute Gasteiger partial charge is 0.258 e. The van der Waals surface area contributed by atoms with Gasteiger partial charge in [0.2, 0.25) is 0 Å². The Bertz CT molecular complexity index is 352. The van der Waals surface area contributed by atoms with Crippen LogP contribution >= 0.6 is 11.8 Å². The third-order valence-corrected chi connectivity index (χ3v) is 3.45. The average Bonchev–Trinajstić information content (AvgIpc) is 2.20. The maximum atomic E-state index is 10.7. The summed E-state index contributed by atoms with van der Waals surface area (Å²) in [5.41, 5.74) is 1.00. The third kappa shape index (κ3) is 3.23. The van der Waals surface area contributed by atoms with Crippen LogP contribution < -0.4 is 0 Å². The fourth-order valence-corrected chi connectivity index (χ4v) is 2.43. The van der Waals surface area contributed by atoms with Gasteiger partial charge in [-0.1, -0.05) is 19.4 Å². The second-order valence-electron chi connectivity index (χ2n) is 3.36. The zero-order valence-corrected chi connectivity index (χ0v) is 9.84. The summed E-state index contributed by atoms with van der Waals surface area (Å²) in [5.74, 6) is 1.03. The summed E-state index contributed by atoms with van der Waals surface area (Å²) in [7, 11) is 0. The summed E-state index contributed by atoms with van der Waals surface area (Å²) in [6, 6.07) is 5.25. The van der Waals surface area contributed by atoms with Crippen LogP contribution in [0.15, 0.2) is 23.1 Å². The van der Waals surface area contributed by atoms with E-state index in [9.17, 15) is 10.1 Å². The molecule has 0 unspecified atom stereocenters. The number of benzene rings is 1. The Morgan fingerprint density at radius 3 is 2.80 bits per heavy atom. The lowest BCUT2D eigenvalue weighted by atomic mass is 10.2. The van der Waals surface area contributed by atoms with Gasteiger partial charge < -0.3 is 0 Å². The quantitative estimate of drug-likeness (QED) is 0.331. The molecule has 0 spiro atoms. The van der Waals surface area contributed by atoms with E-state index in [2.05, 4.69) is 6.92 Å². The largest absolute Gasteiger partial charge is 0.273 e. The first-order chi connectivity index (χ1) is 7.16. The van der Waals surface area contributed by atoms with Crippen LogP contribution in [0.1, 0.15) is 25.3 Å². The molecule has 0 aliphatic carbocycles. The number of unbranched alkanes of at least 4 members (excludes halogenated alkanes) is 1. The Hall–Kier alpha value is -1.03. The first-order valence-corrected chi connectivity index (χ1v) is 6.02. The highest BCUT2D eigenvalue weighted by molar-refractivity contribution is 7.99. The van der Waals surface area contributed by atoms with Crippen LogP contribution in [0.2, 0.25) is 0 Å². The second-order valence-corrected chi connectivity index (χ2v) is 4.50. The highest BCUT2D eigenvalue weighted by Gasteiger charge is 2.12. The van der Waals surface area contributed by atoms with E-state index in [1.165, 1.54) is 0 Å². The molecule has 0 aliphatic heterocycles. The molecule has 15 heavy (non-hydrogen) atoms. The molecule has 0 atom stereocenters. The number of nitro groups is 1. The normalized spacial score (nSPS) is 10.3. The highest BCUT2D eigenvalue weighted by atomic mass is 32.2. The van der Waals surface area contributed by atoms with Crippen molar-refractivity contribution >= 4 is 17.4 Å². The molecule has 0 amide bonds. The number of hydrogen-bond donors (Lipinski definition) is 0. The molecule has 0 aliphatic rings. The van der Waals surface area contributed by atoms with Crippen LogP contribution in [0.4, 0.5) is 5.69 Å². The topological polar surface area (TPSA) is 43.1 Å². The van der Waals surface area contributed by atoms with E-state index in [0.717, 1.165) is 29.1 Å². The third-order valence-electron chi connectivity index (χ3n) is 2.21. The number of nitrogens with zero attached hydrogens (tertiary/aromatic N) is 1. The van der Waals surface area contributed by atoms with Crippen molar-refractivity contribution in [2.24, 2.45) is 0 Å². The van der Waals surface area contributed by atoms with E-state index < -0.39 is 0 Å². The lowest BCUT2D eigenvalue weighted by Gasteiger charge is -2.04. The van der Waals surface area contributed by atoms with Gasteiger partial charge in [-0.05, 0) is 25.2 Å². The lowest BCUT2D eigenvalue weighted by molar-refractivity contribution is -0.385. The van der Waals surface area contributed by atoms with Gasteiger partial charge in [0.05, 0.1) is 4.92 Å². The maximum absolute atomic E-state index is 10.7. The number of thioether (sulfide) groups is 1. The number of rotatable bonds is 5. The molecule has 0 heterocycles. The van der Waals surface area contributed by atoms with Gasteiger partial charge in [-0.3, -0.25) is 10.1 Å². The molecule has 0 N–H and O–H groups in total. The van der Waals surface area contributed by atoms with Crippen molar-refractivity contribution < 1.29 is 4.92 Å². The molecule has 0 bridgehead atoms. The van der Waals surface area contributed by atoms with Gasteiger partial charge in [-0.15, -0.1) is 11.8 Å². The fourth-order valence-electron chi connectivity index (χ4n) is 1.28. The van der Waals surface area contributed by atoms with Crippen molar-refractivity contribution in [2.75, 3.05) is 5.75 Å². The van der Waals surface area contributed by atoms with Crippen LogP contribution in [-0.2, 0) is 0 Å². The molecule has 1 rings (SSSR count). The van der Waals surface area contributed by atoms with Gasteiger partial charge >= 0.3 is 0 Å². The van der Waals surface area contributed by atoms with Gasteiger partial charge in [-0.2, -0.15) is 0 Å². The van der Waals surface area contributed by atoms with Crippen molar-refractivity contribution in [2.45, 2.75) is 31.6 Å². The Morgan fingerprint density at radius 2 is 2.20 bits per heavy atom. The molecular formula is C11H15NO2S. The van der Waals surface area contributed by atoms with Gasteiger partial charge in [0, 0.05) is 16.5 Å². The van der Waals surface area contributed by atoms with Crippen molar-refractivity contribution in [3.05, 3.63) is 33.9 Å². The first kappa shape index (κ1) is 12.0. The van der Waals surface area contributed by atoms with E-state index in [1.807, 2.05) is 13.0 Å². The molecule has 0 saturated carbocycles. The average molecular weight is 225 g/mol. The van der Waals surface area contributed by atoms with E-state index in [1.54, 1.807) is 23.9 Å². The van der Waals surface area contributed by atoms with Crippen LogP contribution in [-0.4, -0.2) is 10.7 Å². The molecule has 4 heteroatoms. The SMILES string of the molecule is CCCCSc1cccc([N+](=O)[O-])c1C. The molecule has 3 nitrogen and oxygen atoms in total. The predicted molar refractivity (Wildman–Crippen MR) is 63.5 cm³/mol. The number of nitro benzene ring substituents is 1. The Labute approximate surface area is 94.0 Å². The van der Waals surface area contributed by atoms with Crippen molar-refractivity contribution in [1.29, 1.82) is 0 Å². The van der Waals surface area contributed by atoms with E-state index >= 15 is 0 Å². The molecule has 1 aromatic carbocycles. The Balaban J connectivity index is 2.80. The highest BCUT2D eigenvalue weighted by Crippen LogP contribution is 2.29. The van der Waals surface area contributed by atoms with E-state index in [-0.39, 0.29) is 10.6 Å². The molecular weight excluding hydrogens is 210 g/mol. The van der Waals surface area contributed by atoms with Crippen molar-refractivity contribution in [3.8, 4) is 0 Å². The molecule has 0 radical (unpaired) electrons. The van der Waals surface area contributed by atoms with Gasteiger partial charge in [0.25, 0.3) is 5.69 Å². The summed E-state index contributed by atoms with van der Waals surface area (Å²) < 4.78 is 0. The van der Waals surface area contributed by atoms with Gasteiger partial charge in [0.1, 0.15) is 0 Å². The van der Waals surface area contributed by atoms with Crippen molar-refractivity contribution in [3.63, 3.8) is 0 Å². The molecule has 0 fully saturated rings. The van der Waals surface area contributed by atoms with E-state index in [4.69, 9.17) is 0 Å². The van der Waals surface area contributed by atoms with Crippen LogP contribution in [0.3, 0.4) is 0 Å². The minimum atomic E-state index is -0.320. The second kappa shape index (κ2) is 5.75. The van der Waals surface area contributed by atoms with Crippen LogP contribution in [0.5, 0.6) is 0 Å². The fraction of sp³-hybridized carbons (Fsp3) is 0.455. The Morgan fingerprint density at radius 1 is 1.47 bits per heavy atom. The molecule has 0 aromatic heterocycles. The Kier molecular flexibility index (Phi) is 4.62. The van der Waals surface area contributed by atoms with E-state index in [0.29, 0.717) is 0 Å². The molecule has 82 valence electrons. The molecule has 0 saturated heterocycles. The monoisotopic (exact) mass is 225 g/mol. The predicted octanol–water partition coefficient (Wildman–Crippen LogP) is 3.80. The minimum Gasteiger partial charge on any atom is -0.258 e. The number of hydrogen-bond acceptors (Lipinski definition) is 3. The summed E-state index contributed by atoms with van der Waals surface area (Å²) >= 11 is 1.70. The summed E-state index contributed by atoms with van der Waals surface area (Å²) in [6.45, 7) is 3.95. The van der Waals surface area contributed by atoms with Gasteiger partial charge in [0.15, 0.2) is 0 Å². The standard InChI is InChI=1S/C11H15NO2S/c1-3-4-8-15-11-7-5-6-10(9(11)2)12(13)14/h5-7H,3-4,8H2,1-2H3. The summed E-state index contributed by atoms with van der Waals surface area (Å²) in [6.07, 6.45) is 2.30. The zero-order valence-electron chi connectivity index (χ0n) is 9.03. The maximum Gasteiger partial charge on any atom is 0.273 e. The minimum absolute atomic E-state index is 0.219. The van der Waals surface area contributed by atoms with Crippen LogP contribution in [0.25, 0.3) is 0 Å². The summed E-state index contributed by atoms with van der Waals surface area (Å²) in [4.78, 5) is 11.4. The van der Waals surface area contributed by atoms with Crippen LogP contribution in [0, 0.1) is 17.0 Å². The lowest BCUT2D eigenvalue weighted by Crippen LogP contribution is -1.93. The van der Waals surface area contributed by atoms with Gasteiger partial charge in [-0.25, -0.2) is 0 Å². The summed E-state index contributed by atoms with van der Waals surface area (Å²) in [5, 5.41) is 10.7.